The van der Waals surface area contributed by atoms with Crippen LogP contribution in [0.25, 0.3) is 0 Å². The number of sulfonamides is 1. The Hall–Kier alpha value is -2.24. The second-order valence-electron chi connectivity index (χ2n) is 7.71. The number of ether oxygens (including phenoxy) is 1. The van der Waals surface area contributed by atoms with Gasteiger partial charge in [-0.25, -0.2) is 8.42 Å². The molecule has 0 atom stereocenters. The monoisotopic (exact) mass is 440 g/mol. The Kier molecular flexibility index (Phi) is 7.27. The number of non-ortho nitro benzene ring substituents is 1. The maximum Gasteiger partial charge on any atom is 0.270 e. The van der Waals surface area contributed by atoms with Gasteiger partial charge in [0, 0.05) is 44.9 Å². The van der Waals surface area contributed by atoms with Crippen molar-refractivity contribution >= 4 is 27.3 Å². The van der Waals surface area contributed by atoms with Crippen LogP contribution in [0.1, 0.15) is 30.1 Å². The van der Waals surface area contributed by atoms with Crippen LogP contribution in [0.2, 0.25) is 0 Å². The number of benzene rings is 1. The second-order valence-corrected chi connectivity index (χ2v) is 9.80. The molecule has 1 aromatic rings. The standard InChI is InChI=1S/C19H28N4O6S/c1-15-4-7-21(8-5-15)18-3-2-16(23(25)26)14-17(18)19(24)20-6-13-30(27,28)22-9-11-29-12-10-22/h2-3,14-15H,4-13H2,1H3,(H,20,24). The fraction of sp³-hybridized carbons (Fsp3) is 0.632. The lowest BCUT2D eigenvalue weighted by Gasteiger charge is -2.33. The van der Waals surface area contributed by atoms with Gasteiger partial charge in [0.15, 0.2) is 0 Å². The van der Waals surface area contributed by atoms with Gasteiger partial charge in [-0.1, -0.05) is 6.92 Å². The molecular weight excluding hydrogens is 412 g/mol. The van der Waals surface area contributed by atoms with Gasteiger partial charge in [0.05, 0.1) is 35.1 Å². The zero-order valence-corrected chi connectivity index (χ0v) is 17.9. The number of rotatable bonds is 7. The van der Waals surface area contributed by atoms with Crippen molar-refractivity contribution in [3.63, 3.8) is 0 Å². The van der Waals surface area contributed by atoms with E-state index in [-0.39, 0.29) is 23.5 Å². The molecule has 2 fully saturated rings. The highest BCUT2D eigenvalue weighted by molar-refractivity contribution is 7.89. The third-order valence-corrected chi connectivity index (χ3v) is 7.44. The molecule has 1 aromatic carbocycles. The molecule has 3 rings (SSSR count). The molecule has 166 valence electrons. The first kappa shape index (κ1) is 22.4. The third-order valence-electron chi connectivity index (χ3n) is 5.57. The summed E-state index contributed by atoms with van der Waals surface area (Å²) in [6.45, 7) is 4.97. The van der Waals surface area contributed by atoms with Gasteiger partial charge in [0.1, 0.15) is 0 Å². The minimum atomic E-state index is -3.50. The summed E-state index contributed by atoms with van der Waals surface area (Å²) >= 11 is 0. The molecule has 2 saturated heterocycles. The summed E-state index contributed by atoms with van der Waals surface area (Å²) in [5.41, 5.74) is 0.666. The third kappa shape index (κ3) is 5.46. The van der Waals surface area contributed by atoms with E-state index in [0.29, 0.717) is 37.9 Å². The van der Waals surface area contributed by atoms with Gasteiger partial charge in [-0.05, 0) is 24.8 Å². The van der Waals surface area contributed by atoms with Gasteiger partial charge in [-0.2, -0.15) is 4.31 Å². The van der Waals surface area contributed by atoms with E-state index in [1.165, 1.54) is 16.4 Å². The van der Waals surface area contributed by atoms with Gasteiger partial charge >= 0.3 is 0 Å². The average molecular weight is 441 g/mol. The van der Waals surface area contributed by atoms with Crippen molar-refractivity contribution in [2.75, 3.05) is 56.6 Å². The van der Waals surface area contributed by atoms with Crippen LogP contribution in [0.15, 0.2) is 18.2 Å². The molecule has 30 heavy (non-hydrogen) atoms. The first-order chi connectivity index (χ1) is 14.3. The predicted octanol–water partition coefficient (Wildman–Crippen LogP) is 1.22. The number of nitrogens with zero attached hydrogens (tertiary/aromatic N) is 3. The van der Waals surface area contributed by atoms with E-state index < -0.39 is 20.9 Å². The summed E-state index contributed by atoms with van der Waals surface area (Å²) in [5, 5.41) is 13.8. The van der Waals surface area contributed by atoms with Crippen LogP contribution in [0.5, 0.6) is 0 Å². The highest BCUT2D eigenvalue weighted by Gasteiger charge is 2.26. The number of anilines is 1. The fourth-order valence-corrected chi connectivity index (χ4v) is 5.01. The average Bonchev–Trinajstić information content (AvgIpc) is 2.74. The number of amides is 1. The Morgan fingerprint density at radius 1 is 1.23 bits per heavy atom. The van der Waals surface area contributed by atoms with E-state index in [4.69, 9.17) is 4.74 Å². The minimum absolute atomic E-state index is 0.0717. The molecule has 0 aliphatic carbocycles. The Labute approximate surface area is 176 Å². The number of morpholine rings is 1. The lowest BCUT2D eigenvalue weighted by atomic mass is 9.98. The molecule has 0 radical (unpaired) electrons. The number of hydrogen-bond acceptors (Lipinski definition) is 7. The lowest BCUT2D eigenvalue weighted by molar-refractivity contribution is -0.384. The molecule has 0 bridgehead atoms. The zero-order chi connectivity index (χ0) is 21.7. The summed E-state index contributed by atoms with van der Waals surface area (Å²) in [4.78, 5) is 25.5. The topological polar surface area (TPSA) is 122 Å². The van der Waals surface area contributed by atoms with Crippen molar-refractivity contribution in [2.24, 2.45) is 5.92 Å². The highest BCUT2D eigenvalue weighted by atomic mass is 32.2. The van der Waals surface area contributed by atoms with E-state index in [9.17, 15) is 23.3 Å². The van der Waals surface area contributed by atoms with Gasteiger partial charge in [0.2, 0.25) is 10.0 Å². The van der Waals surface area contributed by atoms with E-state index in [0.717, 1.165) is 25.9 Å². The maximum atomic E-state index is 12.8. The smallest absolute Gasteiger partial charge is 0.270 e. The Morgan fingerprint density at radius 2 is 1.90 bits per heavy atom. The number of nitro groups is 1. The summed E-state index contributed by atoms with van der Waals surface area (Å²) in [5.74, 6) is -0.143. The Bertz CT molecular complexity index is 877. The van der Waals surface area contributed by atoms with E-state index in [1.807, 2.05) is 0 Å². The molecule has 2 heterocycles. The number of carbonyl (C=O) groups excluding carboxylic acids is 1. The number of carbonyl (C=O) groups is 1. The number of nitrogens with one attached hydrogen (secondary N) is 1. The molecule has 1 N–H and O–H groups in total. The summed E-state index contributed by atoms with van der Waals surface area (Å²) in [7, 11) is -3.50. The quantitative estimate of drug-likeness (QED) is 0.500. The van der Waals surface area contributed by atoms with Crippen LogP contribution in [0.3, 0.4) is 0 Å². The SMILES string of the molecule is CC1CCN(c2ccc([N+](=O)[O-])cc2C(=O)NCCS(=O)(=O)N2CCOCC2)CC1. The number of nitro benzene ring substituents is 1. The largest absolute Gasteiger partial charge is 0.379 e. The van der Waals surface area contributed by atoms with Crippen LogP contribution in [-0.4, -0.2) is 75.2 Å². The van der Waals surface area contributed by atoms with Crippen LogP contribution in [0, 0.1) is 16.0 Å². The molecule has 0 spiro atoms. The van der Waals surface area contributed by atoms with Crippen molar-refractivity contribution in [1.29, 1.82) is 0 Å². The van der Waals surface area contributed by atoms with Crippen molar-refractivity contribution in [3.05, 3.63) is 33.9 Å². The number of piperidine rings is 1. The van der Waals surface area contributed by atoms with E-state index >= 15 is 0 Å². The van der Waals surface area contributed by atoms with Gasteiger partial charge < -0.3 is 15.0 Å². The Morgan fingerprint density at radius 3 is 2.53 bits per heavy atom. The maximum absolute atomic E-state index is 12.8. The molecule has 2 aliphatic heterocycles. The predicted molar refractivity (Wildman–Crippen MR) is 112 cm³/mol. The van der Waals surface area contributed by atoms with Crippen LogP contribution in [-0.2, 0) is 14.8 Å². The van der Waals surface area contributed by atoms with Gasteiger partial charge in [0.25, 0.3) is 11.6 Å². The van der Waals surface area contributed by atoms with E-state index in [1.54, 1.807) is 6.07 Å². The fourth-order valence-electron chi connectivity index (χ4n) is 3.69. The van der Waals surface area contributed by atoms with Crippen molar-refractivity contribution in [2.45, 2.75) is 19.8 Å². The summed E-state index contributed by atoms with van der Waals surface area (Å²) in [6, 6.07) is 4.26. The molecule has 11 heteroatoms. The second kappa shape index (κ2) is 9.71. The zero-order valence-electron chi connectivity index (χ0n) is 17.1. The first-order valence-corrected chi connectivity index (χ1v) is 11.8. The van der Waals surface area contributed by atoms with Crippen molar-refractivity contribution in [3.8, 4) is 0 Å². The van der Waals surface area contributed by atoms with Crippen molar-refractivity contribution < 1.29 is 22.9 Å². The molecule has 10 nitrogen and oxygen atoms in total. The van der Waals surface area contributed by atoms with E-state index in [2.05, 4.69) is 17.1 Å². The van der Waals surface area contributed by atoms with Crippen LogP contribution in [0.4, 0.5) is 11.4 Å². The minimum Gasteiger partial charge on any atom is -0.379 e. The number of hydrogen-bond donors (Lipinski definition) is 1. The summed E-state index contributed by atoms with van der Waals surface area (Å²) in [6.07, 6.45) is 1.96. The molecule has 0 aromatic heterocycles. The highest BCUT2D eigenvalue weighted by Crippen LogP contribution is 2.29. The van der Waals surface area contributed by atoms with Crippen LogP contribution >= 0.6 is 0 Å². The molecule has 0 unspecified atom stereocenters. The molecule has 1 amide bonds. The van der Waals surface area contributed by atoms with Crippen molar-refractivity contribution in [1.82, 2.24) is 9.62 Å². The molecule has 0 saturated carbocycles. The van der Waals surface area contributed by atoms with Crippen LogP contribution < -0.4 is 10.2 Å². The van der Waals surface area contributed by atoms with Gasteiger partial charge in [-0.3, -0.25) is 14.9 Å². The van der Waals surface area contributed by atoms with Gasteiger partial charge in [-0.15, -0.1) is 0 Å². The lowest BCUT2D eigenvalue weighted by Crippen LogP contribution is -2.44. The summed E-state index contributed by atoms with van der Waals surface area (Å²) < 4.78 is 31.4. The molecular formula is C19H28N4O6S. The molecule has 2 aliphatic rings. The normalized spacial score (nSPS) is 18.9. The Balaban J connectivity index is 1.70. The first-order valence-electron chi connectivity index (χ1n) is 10.1.